The number of sulfonamides is 1. The zero-order chi connectivity index (χ0) is 14.6. The van der Waals surface area contributed by atoms with Gasteiger partial charge in [-0.25, -0.2) is 18.1 Å². The highest BCUT2D eigenvalue weighted by Gasteiger charge is 2.17. The highest BCUT2D eigenvalue weighted by molar-refractivity contribution is 7.89. The molecule has 2 aromatic rings. The van der Waals surface area contributed by atoms with E-state index < -0.39 is 10.0 Å². The summed E-state index contributed by atoms with van der Waals surface area (Å²) in [6.45, 7) is 2.07. The van der Waals surface area contributed by atoms with Gasteiger partial charge in [0, 0.05) is 24.9 Å². The van der Waals surface area contributed by atoms with Crippen LogP contribution >= 0.6 is 0 Å². The number of aromatic nitrogens is 2. The van der Waals surface area contributed by atoms with Crippen molar-refractivity contribution in [2.24, 2.45) is 0 Å². The summed E-state index contributed by atoms with van der Waals surface area (Å²) in [5.41, 5.74) is 0.996. The van der Waals surface area contributed by atoms with Crippen molar-refractivity contribution in [3.05, 3.63) is 47.5 Å². The van der Waals surface area contributed by atoms with Crippen LogP contribution < -0.4 is 4.72 Å². The van der Waals surface area contributed by atoms with Gasteiger partial charge >= 0.3 is 0 Å². The first-order valence-electron chi connectivity index (χ1n) is 6.02. The topological polar surface area (TPSA) is 98.6 Å². The Morgan fingerprint density at radius 1 is 1.40 bits per heavy atom. The summed E-state index contributed by atoms with van der Waals surface area (Å²) in [6, 6.07) is 8.00. The van der Waals surface area contributed by atoms with Crippen molar-refractivity contribution in [1.29, 1.82) is 5.26 Å². The van der Waals surface area contributed by atoms with Gasteiger partial charge in [0.15, 0.2) is 0 Å². The summed E-state index contributed by atoms with van der Waals surface area (Å²) in [5, 5.41) is 8.93. The summed E-state index contributed by atoms with van der Waals surface area (Å²) < 4.78 is 26.7. The molecule has 1 aromatic heterocycles. The van der Waals surface area contributed by atoms with Crippen LogP contribution in [0.15, 0.2) is 35.4 Å². The van der Waals surface area contributed by atoms with Crippen LogP contribution in [0.25, 0.3) is 0 Å². The number of rotatable bonds is 5. The molecular formula is C13H14N4O2S. The number of hydrogen-bond acceptors (Lipinski definition) is 4. The average Bonchev–Trinajstić information content (AvgIpc) is 2.84. The Balaban J connectivity index is 2.06. The molecule has 0 spiro atoms. The minimum atomic E-state index is -3.67. The van der Waals surface area contributed by atoms with Gasteiger partial charge in [0.05, 0.1) is 10.5 Å². The van der Waals surface area contributed by atoms with Gasteiger partial charge in [-0.15, -0.1) is 0 Å². The lowest BCUT2D eigenvalue weighted by atomic mass is 10.2. The smallest absolute Gasteiger partial charge is 0.241 e. The molecule has 0 saturated heterocycles. The predicted molar refractivity (Wildman–Crippen MR) is 73.4 cm³/mol. The van der Waals surface area contributed by atoms with Gasteiger partial charge < -0.3 is 4.98 Å². The molecule has 1 aromatic carbocycles. The van der Waals surface area contributed by atoms with E-state index >= 15 is 0 Å². The van der Waals surface area contributed by atoms with Crippen molar-refractivity contribution in [1.82, 2.24) is 14.7 Å². The molecule has 0 bridgehead atoms. The van der Waals surface area contributed by atoms with Crippen LogP contribution in [0.2, 0.25) is 0 Å². The first kappa shape index (κ1) is 14.2. The lowest BCUT2D eigenvalue weighted by Crippen LogP contribution is -2.26. The van der Waals surface area contributed by atoms with Crippen molar-refractivity contribution in [2.45, 2.75) is 18.2 Å². The minimum absolute atomic E-state index is 0.00305. The summed E-state index contributed by atoms with van der Waals surface area (Å²) in [7, 11) is -3.67. The molecule has 1 heterocycles. The fourth-order valence-corrected chi connectivity index (χ4v) is 2.98. The molecule has 2 rings (SSSR count). The van der Waals surface area contributed by atoms with Gasteiger partial charge in [0.1, 0.15) is 11.9 Å². The van der Waals surface area contributed by atoms with Gasteiger partial charge in [-0.2, -0.15) is 5.26 Å². The monoisotopic (exact) mass is 290 g/mol. The lowest BCUT2D eigenvalue weighted by molar-refractivity contribution is 0.581. The third-order valence-corrected chi connectivity index (χ3v) is 4.26. The highest BCUT2D eigenvalue weighted by atomic mass is 32.2. The van der Waals surface area contributed by atoms with Crippen molar-refractivity contribution in [3.63, 3.8) is 0 Å². The van der Waals surface area contributed by atoms with E-state index in [4.69, 9.17) is 5.26 Å². The van der Waals surface area contributed by atoms with E-state index in [0.29, 0.717) is 6.42 Å². The maximum Gasteiger partial charge on any atom is 0.241 e. The zero-order valence-electron chi connectivity index (χ0n) is 10.9. The first-order chi connectivity index (χ1) is 9.53. The second-order valence-electron chi connectivity index (χ2n) is 4.25. The number of nitrogens with one attached hydrogen (secondary N) is 2. The fraction of sp³-hybridized carbons (Fsp3) is 0.231. The van der Waals surface area contributed by atoms with E-state index in [0.717, 1.165) is 11.5 Å². The molecule has 2 N–H and O–H groups in total. The number of aromatic amines is 1. The van der Waals surface area contributed by atoms with E-state index in [1.807, 2.05) is 13.0 Å². The Hall–Kier alpha value is -2.17. The molecule has 0 amide bonds. The zero-order valence-corrected chi connectivity index (χ0v) is 11.7. The standard InChI is InChI=1S/C13H14N4O2S/c1-10-15-9-12(17-10)6-7-16-20(18,19)13-5-3-2-4-11(13)8-14/h2-5,9,16H,6-7H2,1H3,(H,15,17). The molecule has 0 aliphatic rings. The minimum Gasteiger partial charge on any atom is -0.346 e. The normalized spacial score (nSPS) is 11.2. The number of nitrogens with zero attached hydrogens (tertiary/aromatic N) is 2. The van der Waals surface area contributed by atoms with Crippen LogP contribution in [-0.2, 0) is 16.4 Å². The fourth-order valence-electron chi connectivity index (χ4n) is 1.79. The molecule has 0 radical (unpaired) electrons. The largest absolute Gasteiger partial charge is 0.346 e. The molecule has 0 fully saturated rings. The molecule has 0 aliphatic heterocycles. The van der Waals surface area contributed by atoms with Crippen molar-refractivity contribution >= 4 is 10.0 Å². The molecular weight excluding hydrogens is 276 g/mol. The second kappa shape index (κ2) is 5.86. The van der Waals surface area contributed by atoms with Gasteiger partial charge in [-0.05, 0) is 19.1 Å². The van der Waals surface area contributed by atoms with Gasteiger partial charge in [-0.1, -0.05) is 12.1 Å². The van der Waals surface area contributed by atoms with E-state index in [2.05, 4.69) is 14.7 Å². The quantitative estimate of drug-likeness (QED) is 0.861. The Labute approximate surface area is 117 Å². The Morgan fingerprint density at radius 2 is 2.15 bits per heavy atom. The molecule has 0 saturated carbocycles. The van der Waals surface area contributed by atoms with E-state index in [1.54, 1.807) is 18.3 Å². The molecule has 104 valence electrons. The Morgan fingerprint density at radius 3 is 2.80 bits per heavy atom. The number of hydrogen-bond donors (Lipinski definition) is 2. The molecule has 0 aliphatic carbocycles. The number of benzene rings is 1. The Bertz CT molecular complexity index is 744. The van der Waals surface area contributed by atoms with Gasteiger partial charge in [0.25, 0.3) is 0 Å². The summed E-state index contributed by atoms with van der Waals surface area (Å²) in [5.74, 6) is 0.790. The van der Waals surface area contributed by atoms with Crippen LogP contribution in [0.4, 0.5) is 0 Å². The van der Waals surface area contributed by atoms with Crippen LogP contribution in [0, 0.1) is 18.3 Å². The Kier molecular flexibility index (Phi) is 4.17. The average molecular weight is 290 g/mol. The molecule has 20 heavy (non-hydrogen) atoms. The molecule has 7 heteroatoms. The predicted octanol–water partition coefficient (Wildman–Crippen LogP) is 1.11. The first-order valence-corrected chi connectivity index (χ1v) is 7.50. The third kappa shape index (κ3) is 3.23. The van der Waals surface area contributed by atoms with E-state index in [1.165, 1.54) is 12.1 Å². The molecule has 6 nitrogen and oxygen atoms in total. The van der Waals surface area contributed by atoms with Gasteiger partial charge in [-0.3, -0.25) is 0 Å². The third-order valence-electron chi connectivity index (χ3n) is 2.74. The SMILES string of the molecule is Cc1ncc(CCNS(=O)(=O)c2ccccc2C#N)[nH]1. The number of nitriles is 1. The summed E-state index contributed by atoms with van der Waals surface area (Å²) >= 11 is 0. The van der Waals surface area contributed by atoms with Gasteiger partial charge in [0.2, 0.25) is 10.0 Å². The van der Waals surface area contributed by atoms with E-state index in [9.17, 15) is 8.42 Å². The lowest BCUT2D eigenvalue weighted by Gasteiger charge is -2.07. The summed E-state index contributed by atoms with van der Waals surface area (Å²) in [4.78, 5) is 7.07. The van der Waals surface area contributed by atoms with Crippen molar-refractivity contribution < 1.29 is 8.42 Å². The summed E-state index contributed by atoms with van der Waals surface area (Å²) in [6.07, 6.45) is 2.18. The second-order valence-corrected chi connectivity index (χ2v) is 5.98. The van der Waals surface area contributed by atoms with Crippen LogP contribution in [0.3, 0.4) is 0 Å². The molecule has 0 atom stereocenters. The van der Waals surface area contributed by atoms with Crippen molar-refractivity contribution in [2.75, 3.05) is 6.54 Å². The van der Waals surface area contributed by atoms with Crippen LogP contribution in [-0.4, -0.2) is 24.9 Å². The van der Waals surface area contributed by atoms with E-state index in [-0.39, 0.29) is 17.0 Å². The van der Waals surface area contributed by atoms with Crippen LogP contribution in [0.1, 0.15) is 17.1 Å². The number of H-pyrrole nitrogens is 1. The number of imidazole rings is 1. The van der Waals surface area contributed by atoms with Crippen LogP contribution in [0.5, 0.6) is 0 Å². The van der Waals surface area contributed by atoms with Crippen molar-refractivity contribution in [3.8, 4) is 6.07 Å². The molecule has 0 unspecified atom stereocenters. The number of aryl methyl sites for hydroxylation is 1. The maximum absolute atomic E-state index is 12.1. The highest BCUT2D eigenvalue weighted by Crippen LogP contribution is 2.13. The maximum atomic E-state index is 12.1.